The average Bonchev–Trinajstić information content (AvgIpc) is 2.65. The molecule has 0 aromatic heterocycles. The van der Waals surface area contributed by atoms with E-state index in [1.54, 1.807) is 0 Å². The molecule has 0 aliphatic rings. The second-order valence-electron chi connectivity index (χ2n) is 6.21. The summed E-state index contributed by atoms with van der Waals surface area (Å²) in [5.41, 5.74) is 2.34. The van der Waals surface area contributed by atoms with Gasteiger partial charge in [-0.05, 0) is 47.5 Å². The van der Waals surface area contributed by atoms with Gasteiger partial charge in [-0.3, -0.25) is 0 Å². The molecule has 0 aliphatic heterocycles. The molecule has 3 aromatic rings. The highest BCUT2D eigenvalue weighted by Crippen LogP contribution is 2.29. The van der Waals surface area contributed by atoms with Gasteiger partial charge in [-0.2, -0.15) is 0 Å². The number of ether oxygens (including phenoxy) is 1. The van der Waals surface area contributed by atoms with Crippen molar-refractivity contribution in [2.75, 3.05) is 6.54 Å². The van der Waals surface area contributed by atoms with Gasteiger partial charge in [-0.1, -0.05) is 67.4 Å². The highest BCUT2D eigenvalue weighted by molar-refractivity contribution is 6.30. The summed E-state index contributed by atoms with van der Waals surface area (Å²) in [7, 11) is 0. The van der Waals surface area contributed by atoms with Crippen LogP contribution in [0.25, 0.3) is 10.8 Å². The quantitative estimate of drug-likeness (QED) is 0.504. The Bertz CT molecular complexity index is 814. The van der Waals surface area contributed by atoms with Crippen LogP contribution in [0.15, 0.2) is 60.7 Å². The standard InChI is InChI=1S/C22H24ClNO/c1-2-3-14-24-15-21-20-7-5-4-6-18(20)10-13-22(21)25-16-17-8-11-19(23)12-9-17/h4-13,24H,2-3,14-16H2,1H3. The minimum atomic E-state index is 0.539. The lowest BCUT2D eigenvalue weighted by atomic mass is 10.0. The maximum absolute atomic E-state index is 6.15. The molecule has 1 N–H and O–H groups in total. The van der Waals surface area contributed by atoms with E-state index in [9.17, 15) is 0 Å². The summed E-state index contributed by atoms with van der Waals surface area (Å²) >= 11 is 5.95. The number of unbranched alkanes of at least 4 members (excludes halogenated alkanes) is 1. The molecular weight excluding hydrogens is 330 g/mol. The number of rotatable bonds is 8. The Morgan fingerprint density at radius 1 is 0.960 bits per heavy atom. The largest absolute Gasteiger partial charge is 0.489 e. The molecule has 3 rings (SSSR count). The Labute approximate surface area is 154 Å². The van der Waals surface area contributed by atoms with Crippen LogP contribution in [0.4, 0.5) is 0 Å². The minimum absolute atomic E-state index is 0.539. The number of hydrogen-bond donors (Lipinski definition) is 1. The lowest BCUT2D eigenvalue weighted by Crippen LogP contribution is -2.15. The van der Waals surface area contributed by atoms with Gasteiger partial charge in [0, 0.05) is 17.1 Å². The van der Waals surface area contributed by atoms with Gasteiger partial charge in [0.2, 0.25) is 0 Å². The summed E-state index contributed by atoms with van der Waals surface area (Å²) in [5, 5.41) is 6.78. The molecule has 0 spiro atoms. The summed E-state index contributed by atoms with van der Waals surface area (Å²) in [6.45, 7) is 4.59. The molecule has 0 bridgehead atoms. The molecule has 0 aliphatic carbocycles. The molecule has 25 heavy (non-hydrogen) atoms. The first-order valence-corrected chi connectivity index (χ1v) is 9.24. The number of benzene rings is 3. The summed E-state index contributed by atoms with van der Waals surface area (Å²) in [5.74, 6) is 0.942. The summed E-state index contributed by atoms with van der Waals surface area (Å²) in [6, 6.07) is 20.5. The third-order valence-electron chi connectivity index (χ3n) is 4.31. The first-order chi connectivity index (χ1) is 12.3. The zero-order valence-electron chi connectivity index (χ0n) is 14.6. The van der Waals surface area contributed by atoms with Crippen molar-refractivity contribution in [3.05, 3.63) is 76.8 Å². The van der Waals surface area contributed by atoms with Crippen LogP contribution in [-0.2, 0) is 13.2 Å². The Hall–Kier alpha value is -2.03. The SMILES string of the molecule is CCCCNCc1c(OCc2ccc(Cl)cc2)ccc2ccccc12. The van der Waals surface area contributed by atoms with Gasteiger partial charge < -0.3 is 10.1 Å². The molecule has 0 amide bonds. The number of nitrogens with one attached hydrogen (secondary N) is 1. The fraction of sp³-hybridized carbons (Fsp3) is 0.273. The number of fused-ring (bicyclic) bond motifs is 1. The fourth-order valence-electron chi connectivity index (χ4n) is 2.89. The summed E-state index contributed by atoms with van der Waals surface area (Å²) < 4.78 is 6.15. The Morgan fingerprint density at radius 2 is 1.76 bits per heavy atom. The fourth-order valence-corrected chi connectivity index (χ4v) is 3.02. The van der Waals surface area contributed by atoms with Gasteiger partial charge in [0.15, 0.2) is 0 Å². The first kappa shape index (κ1) is 17.8. The van der Waals surface area contributed by atoms with Crippen molar-refractivity contribution in [3.8, 4) is 5.75 Å². The lowest BCUT2D eigenvalue weighted by Gasteiger charge is -2.15. The van der Waals surface area contributed by atoms with Gasteiger partial charge in [-0.15, -0.1) is 0 Å². The molecular formula is C22H24ClNO. The van der Waals surface area contributed by atoms with Crippen LogP contribution >= 0.6 is 11.6 Å². The lowest BCUT2D eigenvalue weighted by molar-refractivity contribution is 0.302. The van der Waals surface area contributed by atoms with Crippen molar-refractivity contribution < 1.29 is 4.74 Å². The van der Waals surface area contributed by atoms with Crippen LogP contribution in [-0.4, -0.2) is 6.54 Å². The molecule has 0 saturated heterocycles. The van der Waals surface area contributed by atoms with Crippen LogP contribution in [0.2, 0.25) is 5.02 Å². The van der Waals surface area contributed by atoms with Crippen molar-refractivity contribution in [3.63, 3.8) is 0 Å². The Morgan fingerprint density at radius 3 is 2.56 bits per heavy atom. The second kappa shape index (κ2) is 8.89. The smallest absolute Gasteiger partial charge is 0.124 e. The maximum atomic E-state index is 6.15. The molecule has 0 atom stereocenters. The average molecular weight is 354 g/mol. The molecule has 3 heteroatoms. The number of halogens is 1. The van der Waals surface area contributed by atoms with E-state index in [4.69, 9.17) is 16.3 Å². The van der Waals surface area contributed by atoms with E-state index < -0.39 is 0 Å². The van der Waals surface area contributed by atoms with Crippen molar-refractivity contribution >= 4 is 22.4 Å². The molecule has 2 nitrogen and oxygen atoms in total. The molecule has 130 valence electrons. The van der Waals surface area contributed by atoms with E-state index in [-0.39, 0.29) is 0 Å². The van der Waals surface area contributed by atoms with Gasteiger partial charge in [0.25, 0.3) is 0 Å². The van der Waals surface area contributed by atoms with Gasteiger partial charge in [0.1, 0.15) is 12.4 Å². The highest BCUT2D eigenvalue weighted by atomic mass is 35.5. The highest BCUT2D eigenvalue weighted by Gasteiger charge is 2.09. The molecule has 0 heterocycles. The number of hydrogen-bond acceptors (Lipinski definition) is 2. The van der Waals surface area contributed by atoms with Gasteiger partial charge >= 0.3 is 0 Å². The summed E-state index contributed by atoms with van der Waals surface area (Å²) in [6.07, 6.45) is 2.38. The molecule has 0 unspecified atom stereocenters. The van der Waals surface area contributed by atoms with Crippen LogP contribution in [0.5, 0.6) is 5.75 Å². The molecule has 3 aromatic carbocycles. The third-order valence-corrected chi connectivity index (χ3v) is 4.57. The second-order valence-corrected chi connectivity index (χ2v) is 6.65. The zero-order valence-corrected chi connectivity index (χ0v) is 15.4. The topological polar surface area (TPSA) is 21.3 Å². The zero-order chi connectivity index (χ0) is 17.5. The predicted molar refractivity (Wildman–Crippen MR) is 106 cm³/mol. The van der Waals surface area contributed by atoms with Crippen molar-refractivity contribution in [2.45, 2.75) is 32.9 Å². The van der Waals surface area contributed by atoms with E-state index in [0.29, 0.717) is 6.61 Å². The first-order valence-electron chi connectivity index (χ1n) is 8.86. The predicted octanol–water partition coefficient (Wildman–Crippen LogP) is 5.96. The van der Waals surface area contributed by atoms with E-state index in [1.165, 1.54) is 29.2 Å². The van der Waals surface area contributed by atoms with Crippen LogP contribution < -0.4 is 10.1 Å². The molecule has 0 radical (unpaired) electrons. The maximum Gasteiger partial charge on any atom is 0.124 e. The van der Waals surface area contributed by atoms with Gasteiger partial charge in [0.05, 0.1) is 0 Å². The van der Waals surface area contributed by atoms with Crippen LogP contribution in [0, 0.1) is 0 Å². The normalized spacial score (nSPS) is 11.0. The summed E-state index contributed by atoms with van der Waals surface area (Å²) in [4.78, 5) is 0. The van der Waals surface area contributed by atoms with E-state index >= 15 is 0 Å². The van der Waals surface area contributed by atoms with Crippen molar-refractivity contribution in [1.29, 1.82) is 0 Å². The van der Waals surface area contributed by atoms with Crippen LogP contribution in [0.1, 0.15) is 30.9 Å². The molecule has 0 saturated carbocycles. The Balaban J connectivity index is 1.81. The van der Waals surface area contributed by atoms with Crippen molar-refractivity contribution in [2.24, 2.45) is 0 Å². The molecule has 0 fully saturated rings. The monoisotopic (exact) mass is 353 g/mol. The van der Waals surface area contributed by atoms with Crippen LogP contribution in [0.3, 0.4) is 0 Å². The van der Waals surface area contributed by atoms with Gasteiger partial charge in [-0.25, -0.2) is 0 Å². The van der Waals surface area contributed by atoms with E-state index in [0.717, 1.165) is 29.4 Å². The minimum Gasteiger partial charge on any atom is -0.489 e. The third kappa shape index (κ3) is 4.75. The van der Waals surface area contributed by atoms with E-state index in [1.807, 2.05) is 24.3 Å². The van der Waals surface area contributed by atoms with Crippen molar-refractivity contribution in [1.82, 2.24) is 5.32 Å². The van der Waals surface area contributed by atoms with E-state index in [2.05, 4.69) is 48.6 Å². The Kier molecular flexibility index (Phi) is 6.32.